The Kier molecular flexibility index (Phi) is 5.14. The third-order valence-electron chi connectivity index (χ3n) is 4.13. The summed E-state index contributed by atoms with van der Waals surface area (Å²) in [6.07, 6.45) is 3.68. The molecule has 6 nitrogen and oxygen atoms in total. The monoisotopic (exact) mass is 294 g/mol. The van der Waals surface area contributed by atoms with E-state index >= 15 is 0 Å². The van der Waals surface area contributed by atoms with Gasteiger partial charge in [0.15, 0.2) is 5.75 Å². The van der Waals surface area contributed by atoms with Crippen molar-refractivity contribution in [2.24, 2.45) is 0 Å². The van der Waals surface area contributed by atoms with Crippen molar-refractivity contribution in [3.8, 4) is 5.75 Å². The van der Waals surface area contributed by atoms with E-state index in [1.807, 2.05) is 13.1 Å². The van der Waals surface area contributed by atoms with Crippen LogP contribution >= 0.6 is 0 Å². The van der Waals surface area contributed by atoms with Gasteiger partial charge in [-0.3, -0.25) is 15.0 Å². The number of likely N-dealkylation sites (N-methyl/N-ethyl adjacent to an activating group) is 1. The highest BCUT2D eigenvalue weighted by atomic mass is 16.6. The molecule has 2 atom stereocenters. The van der Waals surface area contributed by atoms with E-state index in [4.69, 9.17) is 4.74 Å². The Bertz CT molecular complexity index is 506. The van der Waals surface area contributed by atoms with Crippen molar-refractivity contribution in [3.63, 3.8) is 0 Å². The molecule has 1 aliphatic carbocycles. The molecule has 0 aliphatic heterocycles. The second kappa shape index (κ2) is 6.87. The van der Waals surface area contributed by atoms with Gasteiger partial charge in [-0.15, -0.1) is 0 Å². The summed E-state index contributed by atoms with van der Waals surface area (Å²) >= 11 is 0. The highest BCUT2D eigenvalue weighted by Gasteiger charge is 2.27. The standard InChI is InChI=1S/C15H22N2O4/c1-16(12-5-3-4-6-14(12)18)10-11-7-8-15(21-2)13(9-11)17(19)20/h7-9,12,14,18H,3-6,10H2,1-2H3/t12-,14+/m0/s1. The maximum absolute atomic E-state index is 11.0. The minimum absolute atomic E-state index is 0.0207. The summed E-state index contributed by atoms with van der Waals surface area (Å²) in [6.45, 7) is 0.576. The molecular formula is C15H22N2O4. The molecule has 1 aliphatic rings. The van der Waals surface area contributed by atoms with Crippen LogP contribution in [0.3, 0.4) is 0 Å². The van der Waals surface area contributed by atoms with Gasteiger partial charge in [0.2, 0.25) is 0 Å². The number of hydrogen-bond donors (Lipinski definition) is 1. The second-order valence-corrected chi connectivity index (χ2v) is 5.60. The number of ether oxygens (including phenoxy) is 1. The zero-order chi connectivity index (χ0) is 15.4. The topological polar surface area (TPSA) is 75.8 Å². The molecule has 1 aromatic carbocycles. The number of nitro groups is 1. The average Bonchev–Trinajstić information content (AvgIpc) is 2.47. The van der Waals surface area contributed by atoms with E-state index in [1.165, 1.54) is 7.11 Å². The number of aliphatic hydroxyl groups is 1. The third kappa shape index (κ3) is 3.71. The lowest BCUT2D eigenvalue weighted by molar-refractivity contribution is -0.385. The van der Waals surface area contributed by atoms with Crippen LogP contribution in [0.25, 0.3) is 0 Å². The molecule has 1 fully saturated rings. The first-order valence-electron chi connectivity index (χ1n) is 7.22. The highest BCUT2D eigenvalue weighted by molar-refractivity contribution is 5.48. The first-order valence-corrected chi connectivity index (χ1v) is 7.22. The van der Waals surface area contributed by atoms with Crippen molar-refractivity contribution >= 4 is 5.69 Å². The van der Waals surface area contributed by atoms with Gasteiger partial charge >= 0.3 is 5.69 Å². The lowest BCUT2D eigenvalue weighted by Gasteiger charge is -2.35. The normalized spacial score (nSPS) is 22.3. The van der Waals surface area contributed by atoms with Gasteiger partial charge in [-0.1, -0.05) is 18.9 Å². The molecule has 0 bridgehead atoms. The quantitative estimate of drug-likeness (QED) is 0.666. The van der Waals surface area contributed by atoms with Crippen LogP contribution in [0.2, 0.25) is 0 Å². The molecule has 0 aromatic heterocycles. The number of aliphatic hydroxyl groups excluding tert-OH is 1. The molecule has 0 spiro atoms. The number of rotatable bonds is 5. The molecule has 2 rings (SSSR count). The minimum Gasteiger partial charge on any atom is -0.490 e. The molecule has 0 saturated heterocycles. The van der Waals surface area contributed by atoms with Crippen molar-refractivity contribution in [3.05, 3.63) is 33.9 Å². The molecule has 1 saturated carbocycles. The summed E-state index contributed by atoms with van der Waals surface area (Å²) in [5.74, 6) is 0.268. The van der Waals surface area contributed by atoms with E-state index in [2.05, 4.69) is 4.90 Å². The lowest BCUT2D eigenvalue weighted by Crippen LogP contribution is -2.42. The zero-order valence-electron chi connectivity index (χ0n) is 12.5. The lowest BCUT2D eigenvalue weighted by atomic mass is 9.91. The van der Waals surface area contributed by atoms with Crippen molar-refractivity contribution < 1.29 is 14.8 Å². The Balaban J connectivity index is 2.11. The fourth-order valence-electron chi connectivity index (χ4n) is 2.99. The predicted molar refractivity (Wildman–Crippen MR) is 79.4 cm³/mol. The maximum Gasteiger partial charge on any atom is 0.311 e. The predicted octanol–water partition coefficient (Wildman–Crippen LogP) is 2.34. The summed E-state index contributed by atoms with van der Waals surface area (Å²) in [5.41, 5.74) is 0.829. The first-order chi connectivity index (χ1) is 10.0. The van der Waals surface area contributed by atoms with E-state index in [1.54, 1.807) is 12.1 Å². The second-order valence-electron chi connectivity index (χ2n) is 5.60. The average molecular weight is 294 g/mol. The largest absolute Gasteiger partial charge is 0.490 e. The van der Waals surface area contributed by atoms with E-state index in [-0.39, 0.29) is 23.6 Å². The van der Waals surface area contributed by atoms with Crippen LogP contribution in [0.5, 0.6) is 5.75 Å². The van der Waals surface area contributed by atoms with Crippen LogP contribution in [0, 0.1) is 10.1 Å². The van der Waals surface area contributed by atoms with Crippen LogP contribution in [0.15, 0.2) is 18.2 Å². The van der Waals surface area contributed by atoms with Crippen molar-refractivity contribution in [2.45, 2.75) is 44.4 Å². The Morgan fingerprint density at radius 2 is 2.14 bits per heavy atom. The van der Waals surface area contributed by atoms with E-state index in [0.717, 1.165) is 31.2 Å². The summed E-state index contributed by atoms with van der Waals surface area (Å²) in [4.78, 5) is 12.7. The van der Waals surface area contributed by atoms with Crippen LogP contribution in [-0.2, 0) is 6.54 Å². The summed E-state index contributed by atoms with van der Waals surface area (Å²) < 4.78 is 5.00. The number of hydrogen-bond acceptors (Lipinski definition) is 5. The van der Waals surface area contributed by atoms with E-state index in [0.29, 0.717) is 6.54 Å². The molecule has 21 heavy (non-hydrogen) atoms. The van der Waals surface area contributed by atoms with Gasteiger partial charge in [0.1, 0.15) is 0 Å². The fraction of sp³-hybridized carbons (Fsp3) is 0.600. The van der Waals surface area contributed by atoms with Crippen LogP contribution in [-0.4, -0.2) is 41.2 Å². The molecule has 1 aromatic rings. The Morgan fingerprint density at radius 1 is 1.43 bits per heavy atom. The smallest absolute Gasteiger partial charge is 0.311 e. The molecule has 6 heteroatoms. The highest BCUT2D eigenvalue weighted by Crippen LogP contribution is 2.29. The first kappa shape index (κ1) is 15.7. The van der Waals surface area contributed by atoms with Gasteiger partial charge in [0.25, 0.3) is 0 Å². The van der Waals surface area contributed by atoms with Crippen LogP contribution in [0.4, 0.5) is 5.69 Å². The molecule has 0 unspecified atom stereocenters. The minimum atomic E-state index is -0.433. The number of nitrogens with zero attached hydrogens (tertiary/aromatic N) is 2. The van der Waals surface area contributed by atoms with Gasteiger partial charge in [0, 0.05) is 18.7 Å². The number of benzene rings is 1. The van der Waals surface area contributed by atoms with Crippen molar-refractivity contribution in [1.29, 1.82) is 0 Å². The number of methoxy groups -OCH3 is 1. The van der Waals surface area contributed by atoms with Crippen LogP contribution < -0.4 is 4.74 Å². The van der Waals surface area contributed by atoms with Crippen molar-refractivity contribution in [1.82, 2.24) is 4.90 Å². The van der Waals surface area contributed by atoms with E-state index < -0.39 is 4.92 Å². The van der Waals surface area contributed by atoms with Crippen LogP contribution in [0.1, 0.15) is 31.2 Å². The fourth-order valence-corrected chi connectivity index (χ4v) is 2.99. The number of nitro benzene ring substituents is 1. The third-order valence-corrected chi connectivity index (χ3v) is 4.13. The molecular weight excluding hydrogens is 272 g/mol. The molecule has 1 N–H and O–H groups in total. The van der Waals surface area contributed by atoms with Gasteiger partial charge in [0.05, 0.1) is 18.1 Å². The molecule has 116 valence electrons. The SMILES string of the molecule is COc1ccc(CN(C)[C@H]2CCCC[C@H]2O)cc1[N+](=O)[O-]. The summed E-state index contributed by atoms with van der Waals surface area (Å²) in [5, 5.41) is 21.1. The van der Waals surface area contributed by atoms with Gasteiger partial charge in [-0.05, 0) is 31.5 Å². The maximum atomic E-state index is 11.0. The molecule has 0 amide bonds. The summed E-state index contributed by atoms with van der Waals surface area (Å²) in [7, 11) is 3.38. The Morgan fingerprint density at radius 3 is 2.76 bits per heavy atom. The molecule has 0 heterocycles. The zero-order valence-corrected chi connectivity index (χ0v) is 12.5. The van der Waals surface area contributed by atoms with Gasteiger partial charge in [-0.25, -0.2) is 0 Å². The molecule has 0 radical (unpaired) electrons. The van der Waals surface area contributed by atoms with Crippen molar-refractivity contribution in [2.75, 3.05) is 14.2 Å². The summed E-state index contributed by atoms with van der Waals surface area (Å²) in [6, 6.07) is 5.13. The van der Waals surface area contributed by atoms with Gasteiger partial charge < -0.3 is 9.84 Å². The van der Waals surface area contributed by atoms with Gasteiger partial charge in [-0.2, -0.15) is 0 Å². The van der Waals surface area contributed by atoms with E-state index in [9.17, 15) is 15.2 Å². The Hall–Kier alpha value is -1.66. The Labute approximate surface area is 124 Å².